The van der Waals surface area contributed by atoms with Crippen molar-refractivity contribution in [2.75, 3.05) is 6.61 Å². The van der Waals surface area contributed by atoms with Crippen molar-refractivity contribution in [1.29, 1.82) is 0 Å². The summed E-state index contributed by atoms with van der Waals surface area (Å²) < 4.78 is 5.48. The molecule has 0 radical (unpaired) electrons. The Morgan fingerprint density at radius 1 is 0.970 bits per heavy atom. The van der Waals surface area contributed by atoms with Crippen molar-refractivity contribution in [2.24, 2.45) is 17.4 Å². The Hall–Kier alpha value is -3.94. The quantitative estimate of drug-likeness (QED) is 0.452. The second-order valence-corrected chi connectivity index (χ2v) is 7.99. The maximum Gasteiger partial charge on any atom is 0.407 e. The van der Waals surface area contributed by atoms with Gasteiger partial charge in [-0.2, -0.15) is 0 Å². The molecule has 8 nitrogen and oxygen atoms in total. The van der Waals surface area contributed by atoms with Gasteiger partial charge < -0.3 is 21.5 Å². The topological polar surface area (TPSA) is 142 Å². The fourth-order valence-electron chi connectivity index (χ4n) is 4.12. The minimum absolute atomic E-state index is 0.0977. The molecule has 0 saturated heterocycles. The largest absolute Gasteiger partial charge is 0.449 e. The molecule has 5 N–H and O–H groups in total. The monoisotopic (exact) mass is 449 g/mol. The van der Waals surface area contributed by atoms with Gasteiger partial charge >= 0.3 is 6.09 Å². The van der Waals surface area contributed by atoms with E-state index in [-0.39, 0.29) is 31.8 Å². The lowest BCUT2D eigenvalue weighted by molar-refractivity contribution is -0.130. The lowest BCUT2D eigenvalue weighted by Gasteiger charge is -2.20. The number of amides is 3. The van der Waals surface area contributed by atoms with Crippen LogP contribution in [-0.4, -0.2) is 36.3 Å². The smallest absolute Gasteiger partial charge is 0.407 e. The van der Waals surface area contributed by atoms with E-state index in [9.17, 15) is 19.2 Å². The van der Waals surface area contributed by atoms with Gasteiger partial charge in [-0.1, -0.05) is 54.6 Å². The van der Waals surface area contributed by atoms with Crippen LogP contribution in [0.4, 0.5) is 4.79 Å². The van der Waals surface area contributed by atoms with Crippen LogP contribution in [0, 0.1) is 5.92 Å². The van der Waals surface area contributed by atoms with Crippen molar-refractivity contribution in [3.05, 3.63) is 72.3 Å². The van der Waals surface area contributed by atoms with Gasteiger partial charge in [0.2, 0.25) is 11.8 Å². The average molecular weight is 450 g/mol. The van der Waals surface area contributed by atoms with Crippen LogP contribution in [0.25, 0.3) is 11.1 Å². The molecule has 0 bridgehead atoms. The number of hydrogen-bond donors (Lipinski definition) is 3. The summed E-state index contributed by atoms with van der Waals surface area (Å²) in [4.78, 5) is 47.9. The molecule has 0 aromatic heterocycles. The highest BCUT2D eigenvalue weighted by molar-refractivity contribution is 5.93. The van der Waals surface area contributed by atoms with Crippen LogP contribution < -0.4 is 16.8 Å². The summed E-state index contributed by atoms with van der Waals surface area (Å²) in [7, 11) is 0. The first-order chi connectivity index (χ1) is 15.8. The van der Waals surface area contributed by atoms with Crippen molar-refractivity contribution < 1.29 is 23.9 Å². The van der Waals surface area contributed by atoms with Crippen LogP contribution in [0.15, 0.2) is 61.2 Å². The van der Waals surface area contributed by atoms with E-state index in [1.807, 2.05) is 48.5 Å². The number of Topliss-reactive ketones (excluding diaryl/α,β-unsaturated/α-hetero) is 1. The van der Waals surface area contributed by atoms with Crippen molar-refractivity contribution in [2.45, 2.75) is 31.2 Å². The molecule has 2 atom stereocenters. The number of nitrogens with two attached hydrogens (primary N) is 2. The summed E-state index contributed by atoms with van der Waals surface area (Å²) in [5.41, 5.74) is 14.8. The van der Waals surface area contributed by atoms with Gasteiger partial charge in [0, 0.05) is 18.8 Å². The van der Waals surface area contributed by atoms with Crippen molar-refractivity contribution in [1.82, 2.24) is 5.32 Å². The summed E-state index contributed by atoms with van der Waals surface area (Å²) in [6.07, 6.45) is 0.181. The van der Waals surface area contributed by atoms with Gasteiger partial charge in [-0.05, 0) is 28.7 Å². The molecule has 0 unspecified atom stereocenters. The molecule has 0 fully saturated rings. The third-order valence-electron chi connectivity index (χ3n) is 5.72. The number of nitrogens with one attached hydrogen (secondary N) is 1. The van der Waals surface area contributed by atoms with Crippen LogP contribution in [0.5, 0.6) is 0 Å². The zero-order chi connectivity index (χ0) is 24.0. The summed E-state index contributed by atoms with van der Waals surface area (Å²) >= 11 is 0. The number of carbonyl (C=O) groups excluding carboxylic acids is 4. The summed E-state index contributed by atoms with van der Waals surface area (Å²) in [5, 5.41) is 2.54. The lowest BCUT2D eigenvalue weighted by Crippen LogP contribution is -2.43. The molecule has 0 saturated carbocycles. The van der Waals surface area contributed by atoms with E-state index in [0.717, 1.165) is 22.3 Å². The molecule has 2 aromatic carbocycles. The standard InChI is InChI=1S/C25H27N3O5/c1-2-7-21(22(29)12-15(24(27)31)13-23(26)30)28-25(32)33-14-20-18-10-5-3-8-16(18)17-9-4-6-11-19(17)20/h2-6,8-11,15,20-21H,1,7,12-14H2,(H2,26,30)(H2,27,31)(H,28,32)/t15-,21-/m0/s1. The SMILES string of the molecule is C=CC[C@H](NC(=O)OCC1c2ccccc2-c2ccccc21)C(=O)C[C@@H](CC(N)=O)C(N)=O. The Morgan fingerprint density at radius 3 is 2.06 bits per heavy atom. The van der Waals surface area contributed by atoms with Crippen molar-refractivity contribution >= 4 is 23.7 Å². The van der Waals surface area contributed by atoms with Gasteiger partial charge in [-0.25, -0.2) is 4.79 Å². The number of fused-ring (bicyclic) bond motifs is 3. The summed E-state index contributed by atoms with van der Waals surface area (Å²) in [5.74, 6) is -3.16. The van der Waals surface area contributed by atoms with Crippen molar-refractivity contribution in [3.63, 3.8) is 0 Å². The normalized spacial score (nSPS) is 13.8. The molecule has 8 heteroatoms. The van der Waals surface area contributed by atoms with Crippen LogP contribution >= 0.6 is 0 Å². The maximum atomic E-state index is 12.7. The van der Waals surface area contributed by atoms with E-state index in [2.05, 4.69) is 11.9 Å². The summed E-state index contributed by atoms with van der Waals surface area (Å²) in [6, 6.07) is 14.9. The molecule has 1 aliphatic rings. The highest BCUT2D eigenvalue weighted by Crippen LogP contribution is 2.44. The molecule has 2 aromatic rings. The van der Waals surface area contributed by atoms with E-state index in [1.54, 1.807) is 0 Å². The van der Waals surface area contributed by atoms with E-state index in [4.69, 9.17) is 16.2 Å². The molecule has 3 amide bonds. The zero-order valence-corrected chi connectivity index (χ0v) is 18.2. The van der Waals surface area contributed by atoms with E-state index in [0.29, 0.717) is 0 Å². The lowest BCUT2D eigenvalue weighted by atomic mass is 9.93. The van der Waals surface area contributed by atoms with E-state index < -0.39 is 35.7 Å². The van der Waals surface area contributed by atoms with Gasteiger partial charge in [0.1, 0.15) is 6.61 Å². The number of ether oxygens (including phenoxy) is 1. The second-order valence-electron chi connectivity index (χ2n) is 7.99. The van der Waals surface area contributed by atoms with Gasteiger partial charge in [-0.3, -0.25) is 14.4 Å². The minimum atomic E-state index is -1.04. The third kappa shape index (κ3) is 5.65. The fourth-order valence-corrected chi connectivity index (χ4v) is 4.12. The maximum absolute atomic E-state index is 12.7. The van der Waals surface area contributed by atoms with Gasteiger partial charge in [-0.15, -0.1) is 6.58 Å². The first-order valence-corrected chi connectivity index (χ1v) is 10.6. The first-order valence-electron chi connectivity index (χ1n) is 10.6. The van der Waals surface area contributed by atoms with E-state index in [1.165, 1.54) is 6.08 Å². The first kappa shape index (κ1) is 23.7. The highest BCUT2D eigenvalue weighted by Gasteiger charge is 2.30. The minimum Gasteiger partial charge on any atom is -0.449 e. The second kappa shape index (κ2) is 10.6. The number of benzene rings is 2. The fraction of sp³-hybridized carbons (Fsp3) is 0.280. The molecule has 1 aliphatic carbocycles. The Labute approximate surface area is 192 Å². The predicted molar refractivity (Wildman–Crippen MR) is 123 cm³/mol. The molecule has 0 heterocycles. The molecule has 33 heavy (non-hydrogen) atoms. The Bertz CT molecular complexity index is 1040. The zero-order valence-electron chi connectivity index (χ0n) is 18.2. The third-order valence-corrected chi connectivity index (χ3v) is 5.72. The van der Waals surface area contributed by atoms with Crippen LogP contribution in [0.1, 0.15) is 36.3 Å². The number of hydrogen-bond acceptors (Lipinski definition) is 5. The highest BCUT2D eigenvalue weighted by atomic mass is 16.5. The van der Waals surface area contributed by atoms with Crippen LogP contribution in [-0.2, 0) is 19.1 Å². The van der Waals surface area contributed by atoms with Gasteiger partial charge in [0.05, 0.1) is 12.0 Å². The molecule has 0 aliphatic heterocycles. The molecule has 0 spiro atoms. The number of carbonyl (C=O) groups is 4. The number of alkyl carbamates (subject to hydrolysis) is 1. The number of rotatable bonds is 11. The molecule has 172 valence electrons. The van der Waals surface area contributed by atoms with E-state index >= 15 is 0 Å². The number of ketones is 1. The van der Waals surface area contributed by atoms with Gasteiger partial charge in [0.15, 0.2) is 5.78 Å². The molecular formula is C25H27N3O5. The Balaban J connectivity index is 1.65. The molecular weight excluding hydrogens is 422 g/mol. The van der Waals surface area contributed by atoms with Crippen LogP contribution in [0.3, 0.4) is 0 Å². The van der Waals surface area contributed by atoms with Crippen molar-refractivity contribution in [3.8, 4) is 11.1 Å². The average Bonchev–Trinajstić information content (AvgIpc) is 3.10. The molecule has 3 rings (SSSR count). The Morgan fingerprint density at radius 2 is 1.55 bits per heavy atom. The summed E-state index contributed by atoms with van der Waals surface area (Å²) in [6.45, 7) is 3.70. The predicted octanol–water partition coefficient (Wildman–Crippen LogP) is 2.41. The van der Waals surface area contributed by atoms with Crippen LogP contribution in [0.2, 0.25) is 0 Å². The number of primary amides is 2. The Kier molecular flexibility index (Phi) is 7.61. The van der Waals surface area contributed by atoms with Gasteiger partial charge in [0.25, 0.3) is 0 Å².